The van der Waals surface area contributed by atoms with Gasteiger partial charge >= 0.3 is 0 Å². The summed E-state index contributed by atoms with van der Waals surface area (Å²) in [5, 5.41) is 15.6. The van der Waals surface area contributed by atoms with Crippen LogP contribution in [0.15, 0.2) is 36.4 Å². The number of nitrogens with one attached hydrogen (secondary N) is 1. The van der Waals surface area contributed by atoms with E-state index in [4.69, 9.17) is 4.74 Å². The van der Waals surface area contributed by atoms with Crippen LogP contribution in [0.2, 0.25) is 0 Å². The molecule has 0 aliphatic rings. The number of hydrogen-bond acceptors (Lipinski definition) is 3. The fraction of sp³-hybridized carbons (Fsp3) is 0.375. The molecule has 19 heavy (non-hydrogen) atoms. The number of phenols is 1. The molecule has 0 spiro atoms. The molecule has 0 amide bonds. The van der Waals surface area contributed by atoms with Gasteiger partial charge in [-0.3, -0.25) is 0 Å². The van der Waals surface area contributed by atoms with Crippen LogP contribution in [0.25, 0.3) is 10.8 Å². The van der Waals surface area contributed by atoms with Gasteiger partial charge in [-0.2, -0.15) is 0 Å². The van der Waals surface area contributed by atoms with Crippen molar-refractivity contribution in [3.63, 3.8) is 0 Å². The molecule has 0 radical (unpaired) electrons. The molecule has 0 aromatic heterocycles. The Kier molecular flexibility index (Phi) is 5.19. The van der Waals surface area contributed by atoms with Crippen LogP contribution in [0.3, 0.4) is 0 Å². The van der Waals surface area contributed by atoms with Crippen molar-refractivity contribution in [1.29, 1.82) is 0 Å². The third-order valence-corrected chi connectivity index (χ3v) is 3.27. The monoisotopic (exact) mass is 259 g/mol. The zero-order chi connectivity index (χ0) is 13.5. The number of aromatic hydroxyl groups is 1. The molecular weight excluding hydrogens is 238 g/mol. The van der Waals surface area contributed by atoms with Gasteiger partial charge < -0.3 is 15.2 Å². The Morgan fingerprint density at radius 1 is 1.11 bits per heavy atom. The average molecular weight is 259 g/mol. The Balaban J connectivity index is 1.98. The van der Waals surface area contributed by atoms with Crippen molar-refractivity contribution in [2.75, 3.05) is 20.3 Å². The highest BCUT2D eigenvalue weighted by Crippen LogP contribution is 2.26. The van der Waals surface area contributed by atoms with Gasteiger partial charge in [0.15, 0.2) is 0 Å². The fourth-order valence-corrected chi connectivity index (χ4v) is 2.22. The van der Waals surface area contributed by atoms with Gasteiger partial charge in [0.2, 0.25) is 0 Å². The lowest BCUT2D eigenvalue weighted by molar-refractivity contribution is 0.192. The molecule has 2 N–H and O–H groups in total. The first kappa shape index (κ1) is 13.8. The maximum Gasteiger partial charge on any atom is 0.120 e. The lowest BCUT2D eigenvalue weighted by Gasteiger charge is -2.10. The summed E-state index contributed by atoms with van der Waals surface area (Å²) >= 11 is 0. The minimum Gasteiger partial charge on any atom is -0.508 e. The highest BCUT2D eigenvalue weighted by Gasteiger charge is 2.05. The van der Waals surface area contributed by atoms with E-state index in [9.17, 15) is 5.11 Å². The topological polar surface area (TPSA) is 41.5 Å². The molecular formula is C16H21NO2. The summed E-state index contributed by atoms with van der Waals surface area (Å²) in [5.74, 6) is 0.364. The van der Waals surface area contributed by atoms with Gasteiger partial charge in [0.05, 0.1) is 0 Å². The molecule has 3 heteroatoms. The number of benzene rings is 2. The first-order chi connectivity index (χ1) is 9.33. The predicted octanol–water partition coefficient (Wildman–Crippen LogP) is 3.06. The molecule has 0 unspecified atom stereocenters. The molecule has 0 saturated heterocycles. The summed E-state index contributed by atoms with van der Waals surface area (Å²) in [6.07, 6.45) is 2.14. The van der Waals surface area contributed by atoms with E-state index in [2.05, 4.69) is 17.4 Å². The van der Waals surface area contributed by atoms with Gasteiger partial charge in [-0.25, -0.2) is 0 Å². The highest BCUT2D eigenvalue weighted by atomic mass is 16.5. The van der Waals surface area contributed by atoms with E-state index < -0.39 is 0 Å². The first-order valence-corrected chi connectivity index (χ1v) is 6.72. The lowest BCUT2D eigenvalue weighted by Crippen LogP contribution is -2.15. The second kappa shape index (κ2) is 7.12. The number of rotatable bonds is 7. The van der Waals surface area contributed by atoms with E-state index in [1.165, 1.54) is 0 Å². The lowest BCUT2D eigenvalue weighted by atomic mass is 10.0. The first-order valence-electron chi connectivity index (χ1n) is 6.72. The molecule has 0 atom stereocenters. The van der Waals surface area contributed by atoms with Crippen molar-refractivity contribution in [2.24, 2.45) is 0 Å². The molecule has 2 rings (SSSR count). The van der Waals surface area contributed by atoms with Crippen LogP contribution in [0.4, 0.5) is 0 Å². The minimum atomic E-state index is 0.364. The van der Waals surface area contributed by atoms with Crippen molar-refractivity contribution < 1.29 is 9.84 Å². The van der Waals surface area contributed by atoms with Gasteiger partial charge in [0.1, 0.15) is 5.75 Å². The average Bonchev–Trinajstić information content (AvgIpc) is 2.44. The van der Waals surface area contributed by atoms with E-state index in [0.29, 0.717) is 12.3 Å². The molecule has 0 bridgehead atoms. The molecule has 0 aliphatic heterocycles. The zero-order valence-electron chi connectivity index (χ0n) is 11.4. The highest BCUT2D eigenvalue weighted by molar-refractivity contribution is 5.87. The number of fused-ring (bicyclic) bond motifs is 1. The van der Waals surface area contributed by atoms with Crippen molar-refractivity contribution >= 4 is 10.8 Å². The molecule has 0 heterocycles. The second-order valence-electron chi connectivity index (χ2n) is 4.66. The zero-order valence-corrected chi connectivity index (χ0v) is 11.4. The fourth-order valence-electron chi connectivity index (χ4n) is 2.22. The Bertz CT molecular complexity index is 525. The van der Waals surface area contributed by atoms with Crippen LogP contribution in [0.1, 0.15) is 18.4 Å². The van der Waals surface area contributed by atoms with Crippen LogP contribution in [0.5, 0.6) is 5.75 Å². The SMILES string of the molecule is COCCCCNCc1c(O)ccc2ccccc12. The molecule has 2 aromatic carbocycles. The van der Waals surface area contributed by atoms with E-state index >= 15 is 0 Å². The molecule has 0 saturated carbocycles. The van der Waals surface area contributed by atoms with Gasteiger partial charge in [0, 0.05) is 25.8 Å². The third kappa shape index (κ3) is 3.69. The summed E-state index contributed by atoms with van der Waals surface area (Å²) in [6.45, 7) is 2.44. The molecule has 0 fully saturated rings. The summed E-state index contributed by atoms with van der Waals surface area (Å²) in [6, 6.07) is 11.9. The number of phenolic OH excluding ortho intramolecular Hbond substituents is 1. The molecule has 102 valence electrons. The van der Waals surface area contributed by atoms with Crippen molar-refractivity contribution in [3.05, 3.63) is 42.0 Å². The maximum absolute atomic E-state index is 9.99. The normalized spacial score (nSPS) is 11.0. The Hall–Kier alpha value is -1.58. The summed E-state index contributed by atoms with van der Waals surface area (Å²) in [7, 11) is 1.72. The predicted molar refractivity (Wildman–Crippen MR) is 78.4 cm³/mol. The van der Waals surface area contributed by atoms with E-state index in [1.807, 2.05) is 18.2 Å². The third-order valence-electron chi connectivity index (χ3n) is 3.27. The Morgan fingerprint density at radius 3 is 2.79 bits per heavy atom. The van der Waals surface area contributed by atoms with Gasteiger partial charge in [0.25, 0.3) is 0 Å². The summed E-state index contributed by atoms with van der Waals surface area (Å²) in [4.78, 5) is 0. The van der Waals surface area contributed by atoms with E-state index in [0.717, 1.165) is 42.3 Å². The second-order valence-corrected chi connectivity index (χ2v) is 4.66. The van der Waals surface area contributed by atoms with E-state index in [-0.39, 0.29) is 0 Å². The van der Waals surface area contributed by atoms with Crippen molar-refractivity contribution in [2.45, 2.75) is 19.4 Å². The van der Waals surface area contributed by atoms with Gasteiger partial charge in [-0.1, -0.05) is 30.3 Å². The number of ether oxygens (including phenoxy) is 1. The quantitative estimate of drug-likeness (QED) is 0.751. The van der Waals surface area contributed by atoms with Crippen LogP contribution in [0, 0.1) is 0 Å². The minimum absolute atomic E-state index is 0.364. The van der Waals surface area contributed by atoms with Crippen LogP contribution >= 0.6 is 0 Å². The largest absolute Gasteiger partial charge is 0.508 e. The van der Waals surface area contributed by atoms with Crippen LogP contribution in [-0.2, 0) is 11.3 Å². The van der Waals surface area contributed by atoms with Crippen molar-refractivity contribution in [1.82, 2.24) is 5.32 Å². The van der Waals surface area contributed by atoms with Gasteiger partial charge in [-0.15, -0.1) is 0 Å². The van der Waals surface area contributed by atoms with Crippen LogP contribution < -0.4 is 5.32 Å². The summed E-state index contributed by atoms with van der Waals surface area (Å²) < 4.78 is 5.02. The Morgan fingerprint density at radius 2 is 1.95 bits per heavy atom. The smallest absolute Gasteiger partial charge is 0.120 e. The molecule has 2 aromatic rings. The van der Waals surface area contributed by atoms with Gasteiger partial charge in [-0.05, 0) is 36.2 Å². The number of unbranched alkanes of at least 4 members (excludes halogenated alkanes) is 1. The maximum atomic E-state index is 9.99. The van der Waals surface area contributed by atoms with Crippen LogP contribution in [-0.4, -0.2) is 25.4 Å². The molecule has 3 nitrogen and oxygen atoms in total. The summed E-state index contributed by atoms with van der Waals surface area (Å²) in [5.41, 5.74) is 0.977. The van der Waals surface area contributed by atoms with Crippen molar-refractivity contribution in [3.8, 4) is 5.75 Å². The number of hydrogen-bond donors (Lipinski definition) is 2. The number of methoxy groups -OCH3 is 1. The standard InChI is InChI=1S/C16H21NO2/c1-19-11-5-4-10-17-12-15-14-7-3-2-6-13(14)8-9-16(15)18/h2-3,6-9,17-18H,4-5,10-12H2,1H3. The molecule has 0 aliphatic carbocycles. The van der Waals surface area contributed by atoms with E-state index in [1.54, 1.807) is 13.2 Å². The Labute approximate surface area is 114 Å².